The number of Topliss-reactive ketones (excluding diaryl/α,β-unsaturated/α-hetero) is 1. The van der Waals surface area contributed by atoms with Crippen molar-refractivity contribution in [2.75, 3.05) is 24.1 Å². The molecule has 0 aliphatic rings. The molecule has 0 fully saturated rings. The molecular formula is C14H17IN2O4. The van der Waals surface area contributed by atoms with E-state index in [1.54, 1.807) is 24.3 Å². The molecule has 2 amide bonds. The van der Waals surface area contributed by atoms with Gasteiger partial charge in [0, 0.05) is 30.6 Å². The van der Waals surface area contributed by atoms with Crippen molar-refractivity contribution in [2.45, 2.75) is 6.42 Å². The van der Waals surface area contributed by atoms with Gasteiger partial charge in [0.15, 0.2) is 5.78 Å². The minimum absolute atomic E-state index is 0.0168. The van der Waals surface area contributed by atoms with Crippen molar-refractivity contribution in [2.24, 2.45) is 0 Å². The smallest absolute Gasteiger partial charge is 0.251 e. The number of carbonyl (C=O) groups is 3. The fourth-order valence-corrected chi connectivity index (χ4v) is 2.00. The third-order valence-electron chi connectivity index (χ3n) is 2.66. The molecule has 0 aliphatic carbocycles. The van der Waals surface area contributed by atoms with E-state index in [2.05, 4.69) is 10.6 Å². The average molecular weight is 404 g/mol. The molecule has 0 aliphatic heterocycles. The molecule has 21 heavy (non-hydrogen) atoms. The number of amides is 2. The maximum absolute atomic E-state index is 11.8. The van der Waals surface area contributed by atoms with Crippen LogP contribution in [0.15, 0.2) is 24.3 Å². The van der Waals surface area contributed by atoms with E-state index in [0.717, 1.165) is 0 Å². The standard InChI is InChI=1S/C14H17IN2O4/c15-9-12(19)10-1-3-11(4-2-10)14(21)17-6-5-13(20)16-7-8-18/h1-4,18H,5-9H2,(H,16,20)(H,17,21). The van der Waals surface area contributed by atoms with Gasteiger partial charge in [-0.3, -0.25) is 14.4 Å². The second kappa shape index (κ2) is 9.46. The maximum Gasteiger partial charge on any atom is 0.251 e. The number of carbonyl (C=O) groups excluding carboxylic acids is 3. The van der Waals surface area contributed by atoms with Crippen molar-refractivity contribution in [3.63, 3.8) is 0 Å². The van der Waals surface area contributed by atoms with Gasteiger partial charge in [-0.15, -0.1) is 0 Å². The van der Waals surface area contributed by atoms with Crippen LogP contribution in [0.1, 0.15) is 27.1 Å². The minimum atomic E-state index is -0.293. The Hall–Kier alpha value is -1.48. The molecule has 114 valence electrons. The number of hydrogen-bond donors (Lipinski definition) is 3. The van der Waals surface area contributed by atoms with E-state index in [1.807, 2.05) is 22.6 Å². The molecule has 0 atom stereocenters. The molecule has 0 radical (unpaired) electrons. The largest absolute Gasteiger partial charge is 0.395 e. The Labute approximate surface area is 136 Å². The van der Waals surface area contributed by atoms with E-state index in [0.29, 0.717) is 15.6 Å². The normalized spacial score (nSPS) is 10.0. The maximum atomic E-state index is 11.8. The second-order valence-electron chi connectivity index (χ2n) is 4.21. The molecule has 1 aromatic carbocycles. The van der Waals surface area contributed by atoms with Gasteiger partial charge in [0.25, 0.3) is 5.91 Å². The van der Waals surface area contributed by atoms with Gasteiger partial charge in [0.1, 0.15) is 0 Å². The minimum Gasteiger partial charge on any atom is -0.395 e. The lowest BCUT2D eigenvalue weighted by atomic mass is 10.1. The Morgan fingerprint density at radius 2 is 1.62 bits per heavy atom. The SMILES string of the molecule is O=C(CCNC(=O)c1ccc(C(=O)CI)cc1)NCCO. The Morgan fingerprint density at radius 1 is 1.00 bits per heavy atom. The van der Waals surface area contributed by atoms with Gasteiger partial charge in [-0.05, 0) is 12.1 Å². The fraction of sp³-hybridized carbons (Fsp3) is 0.357. The van der Waals surface area contributed by atoms with Gasteiger partial charge in [-0.2, -0.15) is 0 Å². The molecule has 0 heterocycles. The van der Waals surface area contributed by atoms with E-state index in [1.165, 1.54) is 0 Å². The lowest BCUT2D eigenvalue weighted by molar-refractivity contribution is -0.121. The molecule has 0 aromatic heterocycles. The van der Waals surface area contributed by atoms with E-state index in [-0.39, 0.29) is 43.7 Å². The van der Waals surface area contributed by atoms with Gasteiger partial charge in [0.05, 0.1) is 11.0 Å². The van der Waals surface area contributed by atoms with Crippen LogP contribution >= 0.6 is 22.6 Å². The van der Waals surface area contributed by atoms with Gasteiger partial charge in [0.2, 0.25) is 5.91 Å². The zero-order valence-electron chi connectivity index (χ0n) is 11.4. The zero-order valence-corrected chi connectivity index (χ0v) is 13.6. The molecule has 0 unspecified atom stereocenters. The van der Waals surface area contributed by atoms with Crippen LogP contribution in [-0.2, 0) is 4.79 Å². The average Bonchev–Trinajstić information content (AvgIpc) is 2.52. The number of ketones is 1. The lowest BCUT2D eigenvalue weighted by Gasteiger charge is -2.06. The summed E-state index contributed by atoms with van der Waals surface area (Å²) in [5, 5.41) is 13.7. The van der Waals surface area contributed by atoms with Gasteiger partial charge < -0.3 is 15.7 Å². The van der Waals surface area contributed by atoms with Crippen molar-refractivity contribution in [3.05, 3.63) is 35.4 Å². The lowest BCUT2D eigenvalue weighted by Crippen LogP contribution is -2.32. The first-order valence-corrected chi connectivity index (χ1v) is 7.96. The summed E-state index contributed by atoms with van der Waals surface area (Å²) in [5.41, 5.74) is 1.01. The van der Waals surface area contributed by atoms with Crippen LogP contribution in [0.3, 0.4) is 0 Å². The number of rotatable bonds is 8. The highest BCUT2D eigenvalue weighted by Gasteiger charge is 2.08. The number of aliphatic hydroxyl groups is 1. The van der Waals surface area contributed by atoms with Crippen LogP contribution in [0, 0.1) is 0 Å². The molecule has 0 bridgehead atoms. The van der Waals surface area contributed by atoms with Crippen molar-refractivity contribution in [3.8, 4) is 0 Å². The van der Waals surface area contributed by atoms with Crippen LogP contribution in [0.5, 0.6) is 0 Å². The number of hydrogen-bond acceptors (Lipinski definition) is 4. The number of halogens is 1. The van der Waals surface area contributed by atoms with Crippen LogP contribution < -0.4 is 10.6 Å². The monoisotopic (exact) mass is 404 g/mol. The van der Waals surface area contributed by atoms with Crippen LogP contribution in [0.25, 0.3) is 0 Å². The first kappa shape index (κ1) is 17.6. The first-order chi connectivity index (χ1) is 10.1. The number of aliphatic hydroxyl groups excluding tert-OH is 1. The predicted molar refractivity (Wildman–Crippen MR) is 86.7 cm³/mol. The highest BCUT2D eigenvalue weighted by molar-refractivity contribution is 14.1. The van der Waals surface area contributed by atoms with Crippen molar-refractivity contribution >= 4 is 40.2 Å². The topological polar surface area (TPSA) is 95.5 Å². The summed E-state index contributed by atoms with van der Waals surface area (Å²) in [4.78, 5) is 34.5. The summed E-state index contributed by atoms with van der Waals surface area (Å²) in [6, 6.07) is 6.40. The molecule has 0 saturated carbocycles. The summed E-state index contributed by atoms with van der Waals surface area (Å²) in [6.07, 6.45) is 0.150. The Kier molecular flexibility index (Phi) is 7.91. The van der Waals surface area contributed by atoms with Gasteiger partial charge in [-0.1, -0.05) is 34.7 Å². The van der Waals surface area contributed by atoms with Crippen molar-refractivity contribution in [1.82, 2.24) is 10.6 Å². The molecule has 1 aromatic rings. The fourth-order valence-electron chi connectivity index (χ4n) is 1.56. The molecule has 0 spiro atoms. The molecule has 3 N–H and O–H groups in total. The Morgan fingerprint density at radius 3 is 2.19 bits per heavy atom. The molecule has 1 rings (SSSR count). The predicted octanol–water partition coefficient (Wildman–Crippen LogP) is 0.533. The van der Waals surface area contributed by atoms with Gasteiger partial charge in [-0.25, -0.2) is 0 Å². The summed E-state index contributed by atoms with van der Waals surface area (Å²) in [7, 11) is 0. The Balaban J connectivity index is 2.42. The molecule has 0 saturated heterocycles. The molecule has 6 nitrogen and oxygen atoms in total. The summed E-state index contributed by atoms with van der Waals surface area (Å²) in [5.74, 6) is -0.506. The van der Waals surface area contributed by atoms with Crippen LogP contribution in [0.2, 0.25) is 0 Å². The van der Waals surface area contributed by atoms with Gasteiger partial charge >= 0.3 is 0 Å². The van der Waals surface area contributed by atoms with E-state index >= 15 is 0 Å². The Bertz CT molecular complexity index is 502. The highest BCUT2D eigenvalue weighted by atomic mass is 127. The number of benzene rings is 1. The summed E-state index contributed by atoms with van der Waals surface area (Å²) in [6.45, 7) is 0.310. The van der Waals surface area contributed by atoms with E-state index in [4.69, 9.17) is 5.11 Å². The summed E-state index contributed by atoms with van der Waals surface area (Å²) >= 11 is 1.99. The third-order valence-corrected chi connectivity index (χ3v) is 3.35. The first-order valence-electron chi connectivity index (χ1n) is 6.43. The van der Waals surface area contributed by atoms with Crippen LogP contribution in [-0.4, -0.2) is 46.8 Å². The third kappa shape index (κ3) is 6.21. The number of alkyl halides is 1. The second-order valence-corrected chi connectivity index (χ2v) is 4.98. The quantitative estimate of drug-likeness (QED) is 0.335. The number of nitrogens with one attached hydrogen (secondary N) is 2. The van der Waals surface area contributed by atoms with E-state index in [9.17, 15) is 14.4 Å². The zero-order chi connectivity index (χ0) is 15.7. The van der Waals surface area contributed by atoms with E-state index < -0.39 is 0 Å². The molecular weight excluding hydrogens is 387 g/mol. The van der Waals surface area contributed by atoms with Crippen molar-refractivity contribution < 1.29 is 19.5 Å². The highest BCUT2D eigenvalue weighted by Crippen LogP contribution is 2.06. The molecule has 7 heteroatoms. The van der Waals surface area contributed by atoms with Crippen molar-refractivity contribution in [1.29, 1.82) is 0 Å². The van der Waals surface area contributed by atoms with Crippen LogP contribution in [0.4, 0.5) is 0 Å². The summed E-state index contributed by atoms with van der Waals surface area (Å²) < 4.78 is 0.395.